The molecule has 2 nitrogen and oxygen atoms in total. The number of hydrogen-bond donors (Lipinski definition) is 0. The Morgan fingerprint density at radius 2 is 1.80 bits per heavy atom. The molecule has 2 bridgehead atoms. The van der Waals surface area contributed by atoms with Gasteiger partial charge in [-0.15, -0.1) is 0 Å². The monoisotopic (exact) mass is 349 g/mol. The first-order valence-corrected chi connectivity index (χ1v) is 10.1. The topological polar surface area (TPSA) is 7.60 Å². The van der Waals surface area contributed by atoms with Gasteiger partial charge >= 0.3 is 6.07 Å². The van der Waals surface area contributed by atoms with Gasteiger partial charge in [-0.3, -0.25) is 4.90 Å². The van der Waals surface area contributed by atoms with Crippen LogP contribution < -0.4 is 0 Å². The Kier molecular flexibility index (Phi) is 4.83. The van der Waals surface area contributed by atoms with Crippen LogP contribution in [0.25, 0.3) is 4.85 Å². The molecule has 2 atom stereocenters. The van der Waals surface area contributed by atoms with Gasteiger partial charge in [0.15, 0.2) is 0 Å². The van der Waals surface area contributed by atoms with Crippen LogP contribution in [0.1, 0.15) is 30.9 Å². The smallest absolute Gasteiger partial charge is 0.293 e. The van der Waals surface area contributed by atoms with Crippen LogP contribution in [-0.2, 0) is 0 Å². The Balaban J connectivity index is 1.50. The van der Waals surface area contributed by atoms with Crippen molar-refractivity contribution in [2.45, 2.75) is 48.6 Å². The fourth-order valence-electron chi connectivity index (χ4n) is 4.01. The Labute approximate surface area is 155 Å². The van der Waals surface area contributed by atoms with E-state index in [2.05, 4.69) is 73.3 Å². The molecule has 0 amide bonds. The van der Waals surface area contributed by atoms with Gasteiger partial charge in [-0.05, 0) is 70.1 Å². The van der Waals surface area contributed by atoms with E-state index in [1.165, 1.54) is 41.3 Å². The van der Waals surface area contributed by atoms with Crippen LogP contribution in [0.15, 0.2) is 58.3 Å². The van der Waals surface area contributed by atoms with Crippen LogP contribution in [0, 0.1) is 18.9 Å². The van der Waals surface area contributed by atoms with Gasteiger partial charge < -0.3 is 0 Å². The zero-order valence-corrected chi connectivity index (χ0v) is 15.8. The third-order valence-electron chi connectivity index (χ3n) is 5.56. The molecule has 3 heterocycles. The molecule has 2 aromatic rings. The third-order valence-corrected chi connectivity index (χ3v) is 6.56. The van der Waals surface area contributed by atoms with Gasteiger partial charge in [-0.2, -0.15) is 0 Å². The first-order valence-electron chi connectivity index (χ1n) is 9.23. The first kappa shape index (κ1) is 16.7. The molecule has 3 aliphatic heterocycles. The lowest BCUT2D eigenvalue weighted by molar-refractivity contribution is 0.0519. The summed E-state index contributed by atoms with van der Waals surface area (Å²) in [5.74, 6) is 0.748. The maximum Gasteiger partial charge on any atom is 0.311 e. The second-order valence-electron chi connectivity index (χ2n) is 7.29. The standard InChI is InChI=1S/C22H25N2S/c1-16-6-8-20(9-7-16)25-21-5-3-4-18(14-21)15-23-22-17(2)24-12-10-19(22)11-13-24/h3-9,14,17,19,22H,10-13H2,1-2H3/q+1/t17-,22-/m0/s1. The number of rotatable bonds is 2. The van der Waals surface area contributed by atoms with Crippen molar-refractivity contribution >= 4 is 11.8 Å². The highest BCUT2D eigenvalue weighted by Crippen LogP contribution is 2.34. The molecule has 0 unspecified atom stereocenters. The molecular formula is C22H25N2S+. The van der Waals surface area contributed by atoms with E-state index in [1.54, 1.807) is 11.8 Å². The number of fused-ring (bicyclic) bond motifs is 3. The fraction of sp³-hybridized carbons (Fsp3) is 0.409. The summed E-state index contributed by atoms with van der Waals surface area (Å²) in [5, 5.41) is 0. The van der Waals surface area contributed by atoms with Crippen LogP contribution in [0.5, 0.6) is 0 Å². The lowest BCUT2D eigenvalue weighted by atomic mass is 9.80. The van der Waals surface area contributed by atoms with Crippen LogP contribution in [0.3, 0.4) is 0 Å². The van der Waals surface area contributed by atoms with Crippen molar-refractivity contribution in [1.29, 1.82) is 0 Å². The molecule has 2 aromatic carbocycles. The van der Waals surface area contributed by atoms with Crippen LogP contribution in [0.2, 0.25) is 0 Å². The number of aryl methyl sites for hydroxylation is 1. The minimum Gasteiger partial charge on any atom is -0.293 e. The summed E-state index contributed by atoms with van der Waals surface area (Å²) in [5.41, 5.74) is 2.38. The summed E-state index contributed by atoms with van der Waals surface area (Å²) < 4.78 is 0. The number of hydrogen-bond acceptors (Lipinski definition) is 2. The van der Waals surface area contributed by atoms with E-state index in [1.807, 2.05) is 0 Å². The van der Waals surface area contributed by atoms with Gasteiger partial charge in [0.05, 0.1) is 6.04 Å². The van der Waals surface area contributed by atoms with Crippen molar-refractivity contribution in [3.05, 3.63) is 64.5 Å². The number of nitrogens with zero attached hydrogens (tertiary/aromatic N) is 2. The van der Waals surface area contributed by atoms with Crippen molar-refractivity contribution in [2.24, 2.45) is 5.92 Å². The van der Waals surface area contributed by atoms with Gasteiger partial charge in [0.1, 0.15) is 5.56 Å². The summed E-state index contributed by atoms with van der Waals surface area (Å²) in [6.45, 7) is 6.95. The summed E-state index contributed by atoms with van der Waals surface area (Å²) in [6.07, 6.45) is 2.59. The van der Waals surface area contributed by atoms with E-state index in [0.717, 1.165) is 11.5 Å². The lowest BCUT2D eigenvalue weighted by Crippen LogP contribution is -2.55. The quantitative estimate of drug-likeness (QED) is 0.725. The molecule has 3 heteroatoms. The van der Waals surface area contributed by atoms with Gasteiger partial charge in [-0.1, -0.05) is 40.4 Å². The second kappa shape index (κ2) is 7.23. The van der Waals surface area contributed by atoms with Crippen molar-refractivity contribution in [3.8, 4) is 6.07 Å². The molecule has 3 aliphatic rings. The molecule has 0 N–H and O–H groups in total. The number of benzene rings is 2. The highest BCUT2D eigenvalue weighted by Gasteiger charge is 2.46. The van der Waals surface area contributed by atoms with Crippen molar-refractivity contribution in [2.75, 3.05) is 13.1 Å². The second-order valence-corrected chi connectivity index (χ2v) is 8.44. The van der Waals surface area contributed by atoms with Crippen molar-refractivity contribution in [3.63, 3.8) is 0 Å². The zero-order chi connectivity index (χ0) is 17.2. The maximum absolute atomic E-state index is 4.88. The Bertz CT molecular complexity index is 793. The van der Waals surface area contributed by atoms with Crippen LogP contribution >= 0.6 is 11.8 Å². The normalized spacial score (nSPS) is 27.6. The van der Waals surface area contributed by atoms with E-state index in [9.17, 15) is 0 Å². The molecule has 3 fully saturated rings. The molecule has 3 saturated heterocycles. The summed E-state index contributed by atoms with van der Waals surface area (Å²) >= 11 is 1.79. The highest BCUT2D eigenvalue weighted by molar-refractivity contribution is 7.99. The predicted octanol–water partition coefficient (Wildman–Crippen LogP) is 5.31. The van der Waals surface area contributed by atoms with Gasteiger partial charge in [0, 0.05) is 15.7 Å². The van der Waals surface area contributed by atoms with E-state index in [-0.39, 0.29) is 0 Å². The molecule has 25 heavy (non-hydrogen) atoms. The summed E-state index contributed by atoms with van der Waals surface area (Å²) in [6, 6.07) is 21.6. The molecule has 5 rings (SSSR count). The van der Waals surface area contributed by atoms with Gasteiger partial charge in [-0.25, -0.2) is 0 Å². The first-order chi connectivity index (χ1) is 12.2. The lowest BCUT2D eigenvalue weighted by Gasteiger charge is -2.42. The summed E-state index contributed by atoms with van der Waals surface area (Å²) in [7, 11) is 0. The Morgan fingerprint density at radius 3 is 2.52 bits per heavy atom. The van der Waals surface area contributed by atoms with E-state index in [4.69, 9.17) is 4.85 Å². The predicted molar refractivity (Wildman–Crippen MR) is 106 cm³/mol. The zero-order valence-electron chi connectivity index (χ0n) is 15.0. The van der Waals surface area contributed by atoms with Crippen LogP contribution in [-0.4, -0.2) is 30.1 Å². The summed E-state index contributed by atoms with van der Waals surface area (Å²) in [4.78, 5) is 9.97. The Morgan fingerprint density at radius 1 is 1.04 bits per heavy atom. The molecule has 0 saturated carbocycles. The van der Waals surface area contributed by atoms with E-state index in [0.29, 0.717) is 12.1 Å². The molecular weight excluding hydrogens is 324 g/mol. The highest BCUT2D eigenvalue weighted by atomic mass is 32.2. The molecule has 0 aliphatic carbocycles. The molecule has 0 spiro atoms. The van der Waals surface area contributed by atoms with Crippen molar-refractivity contribution < 1.29 is 0 Å². The van der Waals surface area contributed by atoms with Gasteiger partial charge in [0.25, 0.3) is 6.04 Å². The number of piperidine rings is 3. The average Bonchev–Trinajstić information content (AvgIpc) is 2.64. The molecule has 128 valence electrons. The maximum atomic E-state index is 4.88. The van der Waals surface area contributed by atoms with Crippen molar-refractivity contribution in [1.82, 2.24) is 4.90 Å². The van der Waals surface area contributed by atoms with E-state index < -0.39 is 0 Å². The van der Waals surface area contributed by atoms with E-state index >= 15 is 0 Å². The van der Waals surface area contributed by atoms with Gasteiger partial charge in [0.2, 0.25) is 0 Å². The SMILES string of the molecule is Cc1ccc(Sc2cccc(C#[N+][C@@H]3C4CCN(CC4)[C@H]3C)c2)cc1. The fourth-order valence-corrected chi connectivity index (χ4v) is 4.89. The van der Waals surface area contributed by atoms with Crippen LogP contribution in [0.4, 0.5) is 0 Å². The third kappa shape index (κ3) is 3.76. The minimum absolute atomic E-state index is 0.413. The average molecular weight is 350 g/mol. The molecule has 0 radical (unpaired) electrons. The minimum atomic E-state index is 0.413. The Hall–Kier alpha value is -1.76. The largest absolute Gasteiger partial charge is 0.311 e. The molecule has 0 aromatic heterocycles.